The number of ether oxygens (including phenoxy) is 1. The second-order valence-electron chi connectivity index (χ2n) is 8.19. The van der Waals surface area contributed by atoms with Crippen LogP contribution < -0.4 is 16.4 Å². The van der Waals surface area contributed by atoms with Crippen molar-refractivity contribution in [1.29, 1.82) is 0 Å². The third-order valence-corrected chi connectivity index (χ3v) is 5.93. The Labute approximate surface area is 187 Å². The molecule has 0 aliphatic heterocycles. The van der Waals surface area contributed by atoms with Crippen molar-refractivity contribution in [2.45, 2.75) is 37.8 Å². The predicted molar refractivity (Wildman–Crippen MR) is 126 cm³/mol. The number of benzene rings is 3. The smallest absolute Gasteiger partial charge is 0.411 e. The van der Waals surface area contributed by atoms with E-state index in [-0.39, 0.29) is 18.1 Å². The summed E-state index contributed by atoms with van der Waals surface area (Å²) in [5, 5.41) is 5.55. The van der Waals surface area contributed by atoms with Crippen LogP contribution in [0.1, 0.15) is 47.2 Å². The minimum atomic E-state index is -0.579. The lowest BCUT2D eigenvalue weighted by Gasteiger charge is -2.11. The first-order chi connectivity index (χ1) is 15.5. The number of hydrogen-bond acceptors (Lipinski definition) is 4. The molecule has 2 amide bonds. The number of nitrogens with two attached hydrogens (primary N) is 1. The second-order valence-corrected chi connectivity index (χ2v) is 8.19. The molecule has 3 aromatic carbocycles. The Kier molecular flexibility index (Phi) is 6.23. The summed E-state index contributed by atoms with van der Waals surface area (Å²) in [7, 11) is 0. The van der Waals surface area contributed by atoms with Crippen LogP contribution in [-0.2, 0) is 11.3 Å². The Balaban J connectivity index is 1.32. The fraction of sp³-hybridized carbons (Fsp3) is 0.231. The predicted octanol–water partition coefficient (Wildman–Crippen LogP) is 5.28. The molecule has 1 saturated carbocycles. The molecule has 0 heterocycles. The van der Waals surface area contributed by atoms with E-state index < -0.39 is 6.09 Å². The third-order valence-electron chi connectivity index (χ3n) is 5.93. The first-order valence-corrected chi connectivity index (χ1v) is 10.7. The molecule has 0 bridgehead atoms. The van der Waals surface area contributed by atoms with Gasteiger partial charge in [-0.25, -0.2) is 4.79 Å². The van der Waals surface area contributed by atoms with Crippen molar-refractivity contribution in [2.24, 2.45) is 5.73 Å². The van der Waals surface area contributed by atoms with Gasteiger partial charge in [-0.05, 0) is 54.3 Å². The van der Waals surface area contributed by atoms with Crippen molar-refractivity contribution in [3.63, 3.8) is 0 Å². The summed E-state index contributed by atoms with van der Waals surface area (Å²) in [6.45, 7) is 2.29. The van der Waals surface area contributed by atoms with E-state index in [9.17, 15) is 9.59 Å². The summed E-state index contributed by atoms with van der Waals surface area (Å²) >= 11 is 0. The molecule has 6 heteroatoms. The summed E-state index contributed by atoms with van der Waals surface area (Å²) in [4.78, 5) is 24.7. The van der Waals surface area contributed by atoms with Gasteiger partial charge in [-0.1, -0.05) is 55.5 Å². The van der Waals surface area contributed by atoms with Crippen LogP contribution in [0.25, 0.3) is 0 Å². The van der Waals surface area contributed by atoms with Gasteiger partial charge in [-0.2, -0.15) is 0 Å². The lowest BCUT2D eigenvalue weighted by atomic mass is 10.0. The van der Waals surface area contributed by atoms with Gasteiger partial charge >= 0.3 is 6.09 Å². The van der Waals surface area contributed by atoms with Crippen LogP contribution >= 0.6 is 0 Å². The van der Waals surface area contributed by atoms with Crippen LogP contribution in [-0.4, -0.2) is 17.5 Å². The number of rotatable bonds is 7. The zero-order valence-electron chi connectivity index (χ0n) is 18.0. The quantitative estimate of drug-likeness (QED) is 0.476. The lowest BCUT2D eigenvalue weighted by molar-refractivity contribution is 0.102. The van der Waals surface area contributed by atoms with E-state index in [0.717, 1.165) is 18.4 Å². The average molecular weight is 430 g/mol. The van der Waals surface area contributed by atoms with Crippen molar-refractivity contribution < 1.29 is 14.3 Å². The number of carbonyl (C=O) groups is 2. The van der Waals surface area contributed by atoms with Crippen molar-refractivity contribution in [3.8, 4) is 0 Å². The third kappa shape index (κ3) is 5.15. The number of amides is 2. The Bertz CT molecular complexity index is 1100. The highest BCUT2D eigenvalue weighted by atomic mass is 16.5. The van der Waals surface area contributed by atoms with Crippen LogP contribution in [0.5, 0.6) is 0 Å². The summed E-state index contributed by atoms with van der Waals surface area (Å²) < 4.78 is 5.23. The monoisotopic (exact) mass is 429 g/mol. The van der Waals surface area contributed by atoms with E-state index >= 15 is 0 Å². The fourth-order valence-corrected chi connectivity index (χ4v) is 3.78. The molecular formula is C26H27N3O3. The van der Waals surface area contributed by atoms with E-state index in [1.54, 1.807) is 24.3 Å². The minimum absolute atomic E-state index is 0.0829. The van der Waals surface area contributed by atoms with E-state index in [1.165, 1.54) is 5.56 Å². The molecule has 1 aliphatic rings. The maximum Gasteiger partial charge on any atom is 0.411 e. The highest BCUT2D eigenvalue weighted by Gasteiger charge is 2.49. The van der Waals surface area contributed by atoms with Crippen LogP contribution in [0, 0.1) is 0 Å². The molecule has 0 spiro atoms. The molecule has 0 unspecified atom stereocenters. The topological polar surface area (TPSA) is 93.5 Å². The molecule has 164 valence electrons. The molecular weight excluding hydrogens is 402 g/mol. The zero-order valence-corrected chi connectivity index (χ0v) is 18.0. The first-order valence-electron chi connectivity index (χ1n) is 10.7. The van der Waals surface area contributed by atoms with Crippen LogP contribution in [0.4, 0.5) is 16.2 Å². The highest BCUT2D eigenvalue weighted by Crippen LogP contribution is 2.51. The fourth-order valence-electron chi connectivity index (χ4n) is 3.78. The van der Waals surface area contributed by atoms with Gasteiger partial charge < -0.3 is 15.8 Å². The van der Waals surface area contributed by atoms with Crippen LogP contribution in [0.3, 0.4) is 0 Å². The van der Waals surface area contributed by atoms with Gasteiger partial charge in [0.15, 0.2) is 0 Å². The molecule has 0 saturated heterocycles. The average Bonchev–Trinajstić information content (AvgIpc) is 3.51. The summed E-state index contributed by atoms with van der Waals surface area (Å²) in [5.74, 6) is 0.133. The molecule has 4 N–H and O–H groups in total. The largest absolute Gasteiger partial charge is 0.444 e. The molecule has 3 aromatic rings. The molecule has 0 aromatic heterocycles. The van der Waals surface area contributed by atoms with Gasteiger partial charge in [0.2, 0.25) is 0 Å². The Morgan fingerprint density at radius 2 is 1.72 bits per heavy atom. The molecule has 0 radical (unpaired) electrons. The molecule has 2 atom stereocenters. The van der Waals surface area contributed by atoms with E-state index in [4.69, 9.17) is 10.5 Å². The van der Waals surface area contributed by atoms with Gasteiger partial charge in [-0.15, -0.1) is 0 Å². The molecule has 1 aliphatic carbocycles. The molecule has 4 rings (SSSR count). The number of carbonyl (C=O) groups excluding carboxylic acids is 2. The standard InChI is InChI=1S/C26H27N3O3/c1-2-26(27)16-23(26)19-11-13-21(14-12-19)28-24(30)20-9-6-10-22(15-20)29-25(31)32-17-18-7-4-3-5-8-18/h3-15,23H,2,16-17,27H2,1H3,(H,28,30)(H,29,31)/t23-,26+/m0/s1. The lowest BCUT2D eigenvalue weighted by Crippen LogP contribution is -2.22. The number of hydrogen-bond donors (Lipinski definition) is 3. The Morgan fingerprint density at radius 1 is 0.969 bits per heavy atom. The summed E-state index contributed by atoms with van der Waals surface area (Å²) in [5.41, 5.74) is 9.95. The molecule has 6 nitrogen and oxygen atoms in total. The SMILES string of the molecule is CC[C@@]1(N)C[C@H]1c1ccc(NC(=O)c2cccc(NC(=O)OCc3ccccc3)c2)cc1. The minimum Gasteiger partial charge on any atom is -0.444 e. The van der Waals surface area contributed by atoms with Crippen molar-refractivity contribution in [2.75, 3.05) is 10.6 Å². The van der Waals surface area contributed by atoms with Gasteiger partial charge in [0.1, 0.15) is 6.61 Å². The summed E-state index contributed by atoms with van der Waals surface area (Å²) in [6.07, 6.45) is 1.38. The van der Waals surface area contributed by atoms with Crippen LogP contribution in [0.15, 0.2) is 78.9 Å². The number of nitrogens with one attached hydrogen (secondary N) is 2. The van der Waals surface area contributed by atoms with Gasteiger partial charge in [0, 0.05) is 28.4 Å². The van der Waals surface area contributed by atoms with Crippen molar-refractivity contribution in [1.82, 2.24) is 0 Å². The van der Waals surface area contributed by atoms with Crippen LogP contribution in [0.2, 0.25) is 0 Å². The Morgan fingerprint density at radius 3 is 2.41 bits per heavy atom. The zero-order chi connectivity index (χ0) is 22.6. The normalized spacial score (nSPS) is 19.1. The molecule has 1 fully saturated rings. The van der Waals surface area contributed by atoms with E-state index in [2.05, 4.69) is 17.6 Å². The highest BCUT2D eigenvalue weighted by molar-refractivity contribution is 6.05. The maximum absolute atomic E-state index is 12.7. The van der Waals surface area contributed by atoms with Gasteiger partial charge in [0.05, 0.1) is 0 Å². The van der Waals surface area contributed by atoms with E-state index in [0.29, 0.717) is 22.9 Å². The van der Waals surface area contributed by atoms with Crippen molar-refractivity contribution >= 4 is 23.4 Å². The van der Waals surface area contributed by atoms with Crippen molar-refractivity contribution in [3.05, 3.63) is 95.6 Å². The number of anilines is 2. The first kappa shape index (κ1) is 21.6. The molecule has 32 heavy (non-hydrogen) atoms. The Hall–Kier alpha value is -3.64. The van der Waals surface area contributed by atoms with E-state index in [1.807, 2.05) is 54.6 Å². The maximum atomic E-state index is 12.7. The van der Waals surface area contributed by atoms with Gasteiger partial charge in [0.25, 0.3) is 5.91 Å². The summed E-state index contributed by atoms with van der Waals surface area (Å²) in [6, 6.07) is 24.0. The second kappa shape index (κ2) is 9.24. The van der Waals surface area contributed by atoms with Gasteiger partial charge in [-0.3, -0.25) is 10.1 Å².